The number of aliphatic hydroxyl groups excluding tert-OH is 1. The summed E-state index contributed by atoms with van der Waals surface area (Å²) in [5, 5.41) is 11.3. The second kappa shape index (κ2) is 8.31. The highest BCUT2D eigenvalue weighted by Gasteiger charge is 2.15. The molecule has 0 aliphatic heterocycles. The van der Waals surface area contributed by atoms with Crippen LogP contribution in [0.2, 0.25) is 0 Å². The van der Waals surface area contributed by atoms with Crippen molar-refractivity contribution in [2.45, 2.75) is 26.4 Å². The smallest absolute Gasteiger partial charge is 0.407 e. The quantitative estimate of drug-likeness (QED) is 0.739. The van der Waals surface area contributed by atoms with E-state index in [9.17, 15) is 4.79 Å². The number of aliphatic hydroxyl groups is 1. The van der Waals surface area contributed by atoms with Crippen molar-refractivity contribution < 1.29 is 24.1 Å². The van der Waals surface area contributed by atoms with Gasteiger partial charge >= 0.3 is 6.09 Å². The highest BCUT2D eigenvalue weighted by molar-refractivity contribution is 5.67. The Morgan fingerprint density at radius 3 is 2.76 bits per heavy atom. The van der Waals surface area contributed by atoms with Crippen molar-refractivity contribution in [1.29, 1.82) is 0 Å². The van der Waals surface area contributed by atoms with Gasteiger partial charge in [0.1, 0.15) is 18.8 Å². The van der Waals surface area contributed by atoms with Crippen molar-refractivity contribution in [3.05, 3.63) is 18.3 Å². The predicted molar refractivity (Wildman–Crippen MR) is 76.5 cm³/mol. The van der Waals surface area contributed by atoms with Crippen LogP contribution in [-0.4, -0.2) is 48.2 Å². The van der Waals surface area contributed by atoms with E-state index in [1.807, 2.05) is 0 Å². The Balaban J connectivity index is 2.34. The molecule has 0 saturated carbocycles. The Morgan fingerprint density at radius 1 is 1.33 bits per heavy atom. The molecular formula is C14H22N2O5. The van der Waals surface area contributed by atoms with E-state index in [1.54, 1.807) is 39.1 Å². The van der Waals surface area contributed by atoms with Crippen LogP contribution in [-0.2, 0) is 4.74 Å². The molecule has 118 valence electrons. The molecule has 0 aliphatic carbocycles. The maximum Gasteiger partial charge on any atom is 0.407 e. The Labute approximate surface area is 124 Å². The Hall–Kier alpha value is -2.02. The number of aromatic nitrogens is 1. The van der Waals surface area contributed by atoms with Crippen LogP contribution in [0.25, 0.3) is 0 Å². The maximum atomic E-state index is 11.4. The molecule has 2 N–H and O–H groups in total. The Bertz CT molecular complexity index is 445. The van der Waals surface area contributed by atoms with Gasteiger partial charge in [-0.25, -0.2) is 9.78 Å². The fraction of sp³-hybridized carbons (Fsp3) is 0.571. The fourth-order valence-electron chi connectivity index (χ4n) is 1.36. The monoisotopic (exact) mass is 298 g/mol. The third kappa shape index (κ3) is 7.36. The summed E-state index contributed by atoms with van der Waals surface area (Å²) in [6, 6.07) is 3.40. The molecule has 0 atom stereocenters. The van der Waals surface area contributed by atoms with Gasteiger partial charge in [0.2, 0.25) is 0 Å². The van der Waals surface area contributed by atoms with Gasteiger partial charge < -0.3 is 24.6 Å². The van der Waals surface area contributed by atoms with Gasteiger partial charge in [0.15, 0.2) is 5.75 Å². The second-order valence-corrected chi connectivity index (χ2v) is 5.16. The van der Waals surface area contributed by atoms with E-state index < -0.39 is 11.7 Å². The molecule has 21 heavy (non-hydrogen) atoms. The summed E-state index contributed by atoms with van der Waals surface area (Å²) in [4.78, 5) is 15.5. The van der Waals surface area contributed by atoms with Crippen LogP contribution in [0.3, 0.4) is 0 Å². The van der Waals surface area contributed by atoms with Gasteiger partial charge in [0.25, 0.3) is 5.88 Å². The first-order valence-corrected chi connectivity index (χ1v) is 6.70. The molecular weight excluding hydrogens is 276 g/mol. The first-order chi connectivity index (χ1) is 9.92. The number of carbonyl (C=O) groups is 1. The summed E-state index contributed by atoms with van der Waals surface area (Å²) >= 11 is 0. The number of hydrogen-bond donors (Lipinski definition) is 2. The number of hydrogen-bond acceptors (Lipinski definition) is 6. The van der Waals surface area contributed by atoms with Crippen LogP contribution >= 0.6 is 0 Å². The number of ether oxygens (including phenoxy) is 3. The fourth-order valence-corrected chi connectivity index (χ4v) is 1.36. The number of alkyl carbamates (subject to hydrolysis) is 1. The first-order valence-electron chi connectivity index (χ1n) is 6.70. The minimum absolute atomic E-state index is 0.0888. The normalized spacial score (nSPS) is 10.9. The molecule has 1 aromatic rings. The lowest BCUT2D eigenvalue weighted by molar-refractivity contribution is 0.0519. The molecule has 1 aromatic heterocycles. The molecule has 0 saturated heterocycles. The van der Waals surface area contributed by atoms with Crippen molar-refractivity contribution in [1.82, 2.24) is 10.3 Å². The summed E-state index contributed by atoms with van der Waals surface area (Å²) in [6.07, 6.45) is 1.08. The SMILES string of the molecule is CC(C)(C)OC(=O)NCCOc1ncccc1OCCO. The molecule has 1 amide bonds. The lowest BCUT2D eigenvalue weighted by Gasteiger charge is -2.19. The molecule has 0 spiro atoms. The van der Waals surface area contributed by atoms with Gasteiger partial charge in [0.05, 0.1) is 13.2 Å². The molecule has 1 rings (SSSR count). The number of nitrogens with zero attached hydrogens (tertiary/aromatic N) is 1. The van der Waals surface area contributed by atoms with Gasteiger partial charge in [-0.2, -0.15) is 0 Å². The summed E-state index contributed by atoms with van der Waals surface area (Å²) in [7, 11) is 0. The van der Waals surface area contributed by atoms with Crippen molar-refractivity contribution in [2.75, 3.05) is 26.4 Å². The van der Waals surface area contributed by atoms with Crippen LogP contribution in [0.15, 0.2) is 18.3 Å². The van der Waals surface area contributed by atoms with Gasteiger partial charge in [0, 0.05) is 6.20 Å². The summed E-state index contributed by atoms with van der Waals surface area (Å²) < 4.78 is 15.8. The van der Waals surface area contributed by atoms with E-state index in [0.29, 0.717) is 11.6 Å². The lowest BCUT2D eigenvalue weighted by Crippen LogP contribution is -2.34. The molecule has 7 heteroatoms. The van der Waals surface area contributed by atoms with Crippen LogP contribution in [0.5, 0.6) is 11.6 Å². The largest absolute Gasteiger partial charge is 0.486 e. The van der Waals surface area contributed by atoms with E-state index in [1.165, 1.54) is 0 Å². The maximum absolute atomic E-state index is 11.4. The van der Waals surface area contributed by atoms with Crippen LogP contribution in [0.4, 0.5) is 4.79 Å². The predicted octanol–water partition coefficient (Wildman–Crippen LogP) is 1.36. The van der Waals surface area contributed by atoms with Crippen LogP contribution < -0.4 is 14.8 Å². The molecule has 1 heterocycles. The molecule has 7 nitrogen and oxygen atoms in total. The topological polar surface area (TPSA) is 89.9 Å². The van der Waals surface area contributed by atoms with Crippen LogP contribution in [0.1, 0.15) is 20.8 Å². The summed E-state index contributed by atoms with van der Waals surface area (Å²) in [5.74, 6) is 0.765. The van der Waals surface area contributed by atoms with Crippen molar-refractivity contribution in [2.24, 2.45) is 0 Å². The number of rotatable bonds is 7. The van der Waals surface area contributed by atoms with E-state index in [-0.39, 0.29) is 26.4 Å². The summed E-state index contributed by atoms with van der Waals surface area (Å²) in [5.41, 5.74) is -0.531. The highest BCUT2D eigenvalue weighted by Crippen LogP contribution is 2.22. The molecule has 0 fully saturated rings. The second-order valence-electron chi connectivity index (χ2n) is 5.16. The summed E-state index contributed by atoms with van der Waals surface area (Å²) in [6.45, 7) is 5.97. The average molecular weight is 298 g/mol. The molecule has 0 aromatic carbocycles. The molecule has 0 radical (unpaired) electrons. The number of carbonyl (C=O) groups excluding carboxylic acids is 1. The molecule has 0 unspecified atom stereocenters. The van der Waals surface area contributed by atoms with Crippen molar-refractivity contribution >= 4 is 6.09 Å². The number of nitrogens with one attached hydrogen (secondary N) is 1. The van der Waals surface area contributed by atoms with E-state index in [2.05, 4.69) is 10.3 Å². The molecule has 0 bridgehead atoms. The van der Waals surface area contributed by atoms with Gasteiger partial charge in [-0.15, -0.1) is 0 Å². The van der Waals surface area contributed by atoms with E-state index in [4.69, 9.17) is 19.3 Å². The lowest BCUT2D eigenvalue weighted by atomic mass is 10.2. The minimum Gasteiger partial charge on any atom is -0.486 e. The first kappa shape index (κ1) is 17.0. The van der Waals surface area contributed by atoms with Gasteiger partial charge in [-0.3, -0.25) is 0 Å². The Kier molecular flexibility index (Phi) is 6.74. The standard InChI is InChI=1S/C14H22N2O5/c1-14(2,3)21-13(18)16-7-9-20-12-11(19-10-8-17)5-4-6-15-12/h4-6,17H,7-10H2,1-3H3,(H,16,18). The zero-order chi connectivity index (χ0) is 15.7. The minimum atomic E-state index is -0.531. The highest BCUT2D eigenvalue weighted by atomic mass is 16.6. The van der Waals surface area contributed by atoms with Crippen LogP contribution in [0, 0.1) is 0 Å². The van der Waals surface area contributed by atoms with Gasteiger partial charge in [-0.1, -0.05) is 0 Å². The number of amides is 1. The number of pyridine rings is 1. The zero-order valence-corrected chi connectivity index (χ0v) is 12.6. The van der Waals surface area contributed by atoms with Gasteiger partial charge in [-0.05, 0) is 32.9 Å². The average Bonchev–Trinajstić information content (AvgIpc) is 2.40. The van der Waals surface area contributed by atoms with Crippen molar-refractivity contribution in [3.8, 4) is 11.6 Å². The molecule has 0 aliphatic rings. The third-order valence-electron chi connectivity index (χ3n) is 2.09. The Morgan fingerprint density at radius 2 is 2.10 bits per heavy atom. The zero-order valence-electron chi connectivity index (χ0n) is 12.6. The van der Waals surface area contributed by atoms with Crippen molar-refractivity contribution in [3.63, 3.8) is 0 Å². The van der Waals surface area contributed by atoms with E-state index >= 15 is 0 Å². The van der Waals surface area contributed by atoms with E-state index in [0.717, 1.165) is 0 Å². The third-order valence-corrected chi connectivity index (χ3v) is 2.09.